The van der Waals surface area contributed by atoms with Gasteiger partial charge in [0.05, 0.1) is 7.11 Å². The van der Waals surface area contributed by atoms with E-state index in [2.05, 4.69) is 10.3 Å². The molecular formula is C19H22N2O5. The number of amides is 1. The molecule has 2 N–H and O–H groups in total. The van der Waals surface area contributed by atoms with Crippen molar-refractivity contribution in [2.75, 3.05) is 20.4 Å². The Balaban J connectivity index is 2.74. The molecule has 0 saturated heterocycles. The minimum Gasteiger partial charge on any atom is -0.496 e. The van der Waals surface area contributed by atoms with Crippen molar-refractivity contribution in [3.05, 3.63) is 46.8 Å². The molecule has 0 radical (unpaired) electrons. The van der Waals surface area contributed by atoms with Gasteiger partial charge in [0.25, 0.3) is 5.91 Å². The third-order valence-corrected chi connectivity index (χ3v) is 3.83. The van der Waals surface area contributed by atoms with Crippen LogP contribution < -0.4 is 10.1 Å². The maximum Gasteiger partial charge on any atom is 0.359 e. The van der Waals surface area contributed by atoms with E-state index in [1.54, 1.807) is 31.2 Å². The van der Waals surface area contributed by atoms with Crippen molar-refractivity contribution in [1.82, 2.24) is 10.3 Å². The zero-order valence-corrected chi connectivity index (χ0v) is 15.3. The lowest BCUT2D eigenvalue weighted by Crippen LogP contribution is -2.24. The van der Waals surface area contributed by atoms with Crippen LogP contribution in [-0.4, -0.2) is 42.4 Å². The number of methoxy groups -OCH3 is 1. The Morgan fingerprint density at radius 1 is 1.19 bits per heavy atom. The number of nitrogens with one attached hydrogen (secondary N) is 1. The third kappa shape index (κ3) is 4.00. The summed E-state index contributed by atoms with van der Waals surface area (Å²) in [6.07, 6.45) is 0. The Bertz CT molecular complexity index is 833. The van der Waals surface area contributed by atoms with Crippen molar-refractivity contribution in [1.29, 1.82) is 0 Å². The summed E-state index contributed by atoms with van der Waals surface area (Å²) >= 11 is 0. The van der Waals surface area contributed by atoms with Crippen molar-refractivity contribution in [3.63, 3.8) is 0 Å². The summed E-state index contributed by atoms with van der Waals surface area (Å²) in [7, 11) is 1.53. The zero-order valence-electron chi connectivity index (χ0n) is 15.3. The number of aliphatic hydroxyl groups excluding tert-OH is 1. The first-order valence-corrected chi connectivity index (χ1v) is 8.15. The van der Waals surface area contributed by atoms with Gasteiger partial charge in [-0.2, -0.15) is 0 Å². The molecule has 1 amide bonds. The average molecular weight is 358 g/mol. The van der Waals surface area contributed by atoms with E-state index in [0.717, 1.165) is 5.56 Å². The highest BCUT2D eigenvalue weighted by Gasteiger charge is 2.22. The first kappa shape index (κ1) is 19.4. The van der Waals surface area contributed by atoms with Gasteiger partial charge < -0.3 is 19.9 Å². The highest BCUT2D eigenvalue weighted by Crippen LogP contribution is 2.33. The number of ether oxygens (including phenoxy) is 2. The maximum atomic E-state index is 12.5. The van der Waals surface area contributed by atoms with Crippen LogP contribution in [0, 0.1) is 13.8 Å². The summed E-state index contributed by atoms with van der Waals surface area (Å²) in [6, 6.07) is 6.84. The second-order valence-electron chi connectivity index (χ2n) is 5.64. The highest BCUT2D eigenvalue weighted by atomic mass is 16.6. The average Bonchev–Trinajstić information content (AvgIpc) is 2.62. The predicted octanol–water partition coefficient (Wildman–Crippen LogP) is 2.23. The number of hydrogen-bond acceptors (Lipinski definition) is 6. The molecule has 0 aliphatic carbocycles. The van der Waals surface area contributed by atoms with Crippen LogP contribution in [0.3, 0.4) is 0 Å². The van der Waals surface area contributed by atoms with Crippen LogP contribution in [0.15, 0.2) is 24.3 Å². The van der Waals surface area contributed by atoms with Gasteiger partial charge >= 0.3 is 5.97 Å². The molecule has 0 fully saturated rings. The Hall–Kier alpha value is -2.93. The fourth-order valence-electron chi connectivity index (χ4n) is 2.63. The number of esters is 1. The van der Waals surface area contributed by atoms with Gasteiger partial charge in [-0.15, -0.1) is 0 Å². The van der Waals surface area contributed by atoms with E-state index >= 15 is 0 Å². The number of carbonyl (C=O) groups is 2. The number of pyridine rings is 1. The van der Waals surface area contributed by atoms with Gasteiger partial charge in [0.2, 0.25) is 0 Å². The highest BCUT2D eigenvalue weighted by molar-refractivity contribution is 6.04. The molecule has 1 heterocycles. The van der Waals surface area contributed by atoms with E-state index in [0.29, 0.717) is 34.7 Å². The monoisotopic (exact) mass is 358 g/mol. The molecule has 2 rings (SSSR count). The lowest BCUT2D eigenvalue weighted by atomic mass is 9.95. The van der Waals surface area contributed by atoms with Gasteiger partial charge in [0, 0.05) is 28.9 Å². The Kier molecular flexibility index (Phi) is 6.30. The fourth-order valence-corrected chi connectivity index (χ4v) is 2.63. The second-order valence-corrected chi connectivity index (χ2v) is 5.64. The van der Waals surface area contributed by atoms with Crippen LogP contribution in [0.5, 0.6) is 5.75 Å². The number of aryl methyl sites for hydroxylation is 2. The molecule has 1 aromatic heterocycles. The van der Waals surface area contributed by atoms with E-state index in [1.807, 2.05) is 13.8 Å². The van der Waals surface area contributed by atoms with E-state index in [1.165, 1.54) is 7.11 Å². The summed E-state index contributed by atoms with van der Waals surface area (Å²) in [5.74, 6) is -0.460. The van der Waals surface area contributed by atoms with E-state index in [-0.39, 0.29) is 11.6 Å². The number of carbonyl (C=O) groups excluding carboxylic acids is 2. The number of rotatable bonds is 6. The molecule has 0 bridgehead atoms. The number of aromatic nitrogens is 1. The smallest absolute Gasteiger partial charge is 0.359 e. The van der Waals surface area contributed by atoms with Crippen molar-refractivity contribution in [3.8, 4) is 16.9 Å². The van der Waals surface area contributed by atoms with Crippen molar-refractivity contribution < 1.29 is 24.2 Å². The van der Waals surface area contributed by atoms with Crippen LogP contribution in [0.4, 0.5) is 0 Å². The Morgan fingerprint density at radius 2 is 1.92 bits per heavy atom. The SMILES string of the molecule is CCNC(=O)c1cc(C)c(OC)cc1-c1ccc(C)nc1C(=O)OCO. The van der Waals surface area contributed by atoms with Crippen LogP contribution in [-0.2, 0) is 4.74 Å². The van der Waals surface area contributed by atoms with Crippen LogP contribution in [0.25, 0.3) is 11.1 Å². The zero-order chi connectivity index (χ0) is 19.3. The summed E-state index contributed by atoms with van der Waals surface area (Å²) in [5.41, 5.74) is 2.74. The first-order chi connectivity index (χ1) is 12.4. The molecule has 0 aliphatic rings. The third-order valence-electron chi connectivity index (χ3n) is 3.83. The summed E-state index contributed by atoms with van der Waals surface area (Å²) < 4.78 is 10.1. The molecular weight excluding hydrogens is 336 g/mol. The van der Waals surface area contributed by atoms with Gasteiger partial charge in [-0.1, -0.05) is 6.07 Å². The molecule has 0 saturated carbocycles. The van der Waals surface area contributed by atoms with Crippen molar-refractivity contribution >= 4 is 11.9 Å². The maximum absolute atomic E-state index is 12.5. The van der Waals surface area contributed by atoms with E-state index in [9.17, 15) is 9.59 Å². The Labute approximate surface area is 152 Å². The summed E-state index contributed by atoms with van der Waals surface area (Å²) in [6.45, 7) is 5.11. The van der Waals surface area contributed by atoms with Crippen molar-refractivity contribution in [2.24, 2.45) is 0 Å². The summed E-state index contributed by atoms with van der Waals surface area (Å²) in [5, 5.41) is 11.7. The van der Waals surface area contributed by atoms with Crippen LogP contribution >= 0.6 is 0 Å². The normalized spacial score (nSPS) is 10.3. The molecule has 7 nitrogen and oxygen atoms in total. The molecule has 0 spiro atoms. The molecule has 2 aromatic rings. The largest absolute Gasteiger partial charge is 0.496 e. The fraction of sp³-hybridized carbons (Fsp3) is 0.316. The van der Waals surface area contributed by atoms with Gasteiger partial charge in [-0.25, -0.2) is 9.78 Å². The van der Waals surface area contributed by atoms with E-state index in [4.69, 9.17) is 14.6 Å². The predicted molar refractivity (Wildman–Crippen MR) is 96.2 cm³/mol. The molecule has 0 unspecified atom stereocenters. The first-order valence-electron chi connectivity index (χ1n) is 8.15. The lowest BCUT2D eigenvalue weighted by Gasteiger charge is -2.16. The lowest BCUT2D eigenvalue weighted by molar-refractivity contribution is 0.00629. The van der Waals surface area contributed by atoms with Crippen molar-refractivity contribution in [2.45, 2.75) is 20.8 Å². The number of hydrogen-bond donors (Lipinski definition) is 2. The molecule has 7 heteroatoms. The van der Waals surface area contributed by atoms with E-state index < -0.39 is 12.8 Å². The summed E-state index contributed by atoms with van der Waals surface area (Å²) in [4.78, 5) is 29.0. The molecule has 138 valence electrons. The van der Waals surface area contributed by atoms with Gasteiger partial charge in [-0.3, -0.25) is 4.79 Å². The van der Waals surface area contributed by atoms with Gasteiger partial charge in [0.1, 0.15) is 5.75 Å². The standard InChI is InChI=1S/C19H22N2O5/c1-5-20-18(23)15-8-11(2)16(25-4)9-14(15)13-7-6-12(3)21-17(13)19(24)26-10-22/h6-9,22H,5,10H2,1-4H3,(H,20,23). The van der Waals surface area contributed by atoms with Gasteiger partial charge in [-0.05, 0) is 44.5 Å². The minimum atomic E-state index is -0.771. The molecule has 26 heavy (non-hydrogen) atoms. The number of benzene rings is 1. The molecule has 1 aromatic carbocycles. The second kappa shape index (κ2) is 8.44. The molecule has 0 atom stereocenters. The van der Waals surface area contributed by atoms with Crippen LogP contribution in [0.2, 0.25) is 0 Å². The quantitative estimate of drug-likeness (QED) is 0.607. The number of aliphatic hydroxyl groups is 1. The molecule has 0 aliphatic heterocycles. The topological polar surface area (TPSA) is 97.8 Å². The van der Waals surface area contributed by atoms with Crippen LogP contribution in [0.1, 0.15) is 39.0 Å². The minimum absolute atomic E-state index is 0.0236. The number of nitrogens with zero attached hydrogens (tertiary/aromatic N) is 1. The van der Waals surface area contributed by atoms with Gasteiger partial charge in [0.15, 0.2) is 12.5 Å². The Morgan fingerprint density at radius 3 is 2.54 bits per heavy atom.